The van der Waals surface area contributed by atoms with E-state index < -0.39 is 11.6 Å². The van der Waals surface area contributed by atoms with Crippen LogP contribution in [-0.2, 0) is 4.74 Å². The summed E-state index contributed by atoms with van der Waals surface area (Å²) in [5.74, 6) is 5.77. The second kappa shape index (κ2) is 10.1. The Kier molecular flexibility index (Phi) is 6.95. The normalized spacial score (nSPS) is 12.3. The number of alkyl carbamates (subject to hydrolysis) is 1. The minimum atomic E-state index is -4.31. The van der Waals surface area contributed by atoms with Crippen LogP contribution in [-0.4, -0.2) is 24.8 Å². The number of amides is 1. The van der Waals surface area contributed by atoms with Crippen LogP contribution >= 0.6 is 11.8 Å². The summed E-state index contributed by atoms with van der Waals surface area (Å²) in [5, 5.41) is 2.68. The maximum absolute atomic E-state index is 12.4. The molecular formula is C26H20F3NO2S. The Hall–Kier alpha value is -3.37. The van der Waals surface area contributed by atoms with Gasteiger partial charge in [-0.2, -0.15) is 13.2 Å². The van der Waals surface area contributed by atoms with Crippen molar-refractivity contribution >= 4 is 17.9 Å². The van der Waals surface area contributed by atoms with Crippen molar-refractivity contribution in [3.05, 3.63) is 89.5 Å². The number of alkyl halides is 3. The number of carbonyl (C=O) groups is 1. The van der Waals surface area contributed by atoms with Crippen LogP contribution in [0.15, 0.2) is 77.7 Å². The first-order valence-corrected chi connectivity index (χ1v) is 11.2. The smallest absolute Gasteiger partial charge is 0.446 e. The van der Waals surface area contributed by atoms with Gasteiger partial charge in [0.05, 0.1) is 0 Å². The molecule has 0 aromatic heterocycles. The molecule has 0 aliphatic heterocycles. The summed E-state index contributed by atoms with van der Waals surface area (Å²) in [6.45, 7) is 0.555. The predicted molar refractivity (Wildman–Crippen MR) is 123 cm³/mol. The molecule has 1 N–H and O–H groups in total. The van der Waals surface area contributed by atoms with Crippen molar-refractivity contribution in [2.24, 2.45) is 0 Å². The molecule has 0 spiro atoms. The summed E-state index contributed by atoms with van der Waals surface area (Å²) in [7, 11) is 0. The number of fused-ring (bicyclic) bond motifs is 3. The number of benzene rings is 3. The molecule has 0 heterocycles. The molecule has 3 nitrogen and oxygen atoms in total. The molecule has 4 rings (SSSR count). The largest absolute Gasteiger partial charge is 0.449 e. The van der Waals surface area contributed by atoms with Gasteiger partial charge in [-0.25, -0.2) is 4.79 Å². The fourth-order valence-corrected chi connectivity index (χ4v) is 4.32. The average molecular weight is 468 g/mol. The first kappa shape index (κ1) is 22.8. The lowest BCUT2D eigenvalue weighted by molar-refractivity contribution is -0.0328. The first-order chi connectivity index (χ1) is 15.9. The molecule has 0 fully saturated rings. The fourth-order valence-electron chi connectivity index (χ4n) is 3.78. The molecule has 33 heavy (non-hydrogen) atoms. The molecule has 1 aliphatic rings. The molecule has 7 heteroatoms. The molecule has 3 aromatic rings. The van der Waals surface area contributed by atoms with Gasteiger partial charge in [0.1, 0.15) is 6.61 Å². The molecule has 0 unspecified atom stereocenters. The third-order valence-electron chi connectivity index (χ3n) is 5.18. The SMILES string of the molecule is O=C(NCCC#Cc1ccc(SC(F)(F)F)cc1)OCC1c2ccccc2-c2ccccc21. The second-order valence-electron chi connectivity index (χ2n) is 7.38. The number of nitrogens with one attached hydrogen (secondary N) is 1. The van der Waals surface area contributed by atoms with E-state index in [1.807, 2.05) is 24.3 Å². The molecule has 0 atom stereocenters. The molecule has 1 amide bonds. The van der Waals surface area contributed by atoms with Crippen LogP contribution in [0.2, 0.25) is 0 Å². The van der Waals surface area contributed by atoms with Crippen LogP contribution in [0.4, 0.5) is 18.0 Å². The van der Waals surface area contributed by atoms with Crippen molar-refractivity contribution in [3.8, 4) is 23.0 Å². The highest BCUT2D eigenvalue weighted by Crippen LogP contribution is 2.44. The lowest BCUT2D eigenvalue weighted by atomic mass is 9.98. The predicted octanol–water partition coefficient (Wildman–Crippen LogP) is 6.58. The zero-order valence-electron chi connectivity index (χ0n) is 17.5. The van der Waals surface area contributed by atoms with Gasteiger partial charge in [-0.15, -0.1) is 0 Å². The Morgan fingerprint density at radius 3 is 2.15 bits per heavy atom. The minimum absolute atomic E-state index is 0.00132. The monoisotopic (exact) mass is 467 g/mol. The van der Waals surface area contributed by atoms with E-state index in [0.29, 0.717) is 18.5 Å². The Bertz CT molecular complexity index is 1150. The van der Waals surface area contributed by atoms with Crippen LogP contribution in [0, 0.1) is 11.8 Å². The summed E-state index contributed by atoms with van der Waals surface area (Å²) in [4.78, 5) is 12.2. The summed E-state index contributed by atoms with van der Waals surface area (Å²) in [6.07, 6.45) is -0.115. The highest BCUT2D eigenvalue weighted by molar-refractivity contribution is 8.00. The summed E-state index contributed by atoms with van der Waals surface area (Å²) in [5.41, 5.74) is 0.944. The molecule has 0 saturated carbocycles. The van der Waals surface area contributed by atoms with E-state index in [1.165, 1.54) is 23.3 Å². The highest BCUT2D eigenvalue weighted by Gasteiger charge is 2.29. The number of carbonyl (C=O) groups excluding carboxylic acids is 1. The van der Waals surface area contributed by atoms with Crippen LogP contribution in [0.25, 0.3) is 11.1 Å². The van der Waals surface area contributed by atoms with Gasteiger partial charge in [0, 0.05) is 29.3 Å². The van der Waals surface area contributed by atoms with E-state index in [9.17, 15) is 18.0 Å². The Morgan fingerprint density at radius 1 is 0.939 bits per heavy atom. The van der Waals surface area contributed by atoms with Crippen LogP contribution in [0.5, 0.6) is 0 Å². The van der Waals surface area contributed by atoms with Gasteiger partial charge in [-0.1, -0.05) is 60.4 Å². The molecular weight excluding hydrogens is 447 g/mol. The van der Waals surface area contributed by atoms with E-state index in [-0.39, 0.29) is 29.2 Å². The molecule has 0 saturated heterocycles. The van der Waals surface area contributed by atoms with Crippen molar-refractivity contribution in [2.45, 2.75) is 22.7 Å². The lowest BCUT2D eigenvalue weighted by Crippen LogP contribution is -2.26. The van der Waals surface area contributed by atoms with Gasteiger partial charge >= 0.3 is 11.6 Å². The quantitative estimate of drug-likeness (QED) is 0.262. The van der Waals surface area contributed by atoms with Crippen molar-refractivity contribution in [1.29, 1.82) is 0 Å². The number of hydrogen-bond donors (Lipinski definition) is 1. The maximum atomic E-state index is 12.4. The van der Waals surface area contributed by atoms with Gasteiger partial charge in [0.2, 0.25) is 0 Å². The van der Waals surface area contributed by atoms with E-state index >= 15 is 0 Å². The summed E-state index contributed by atoms with van der Waals surface area (Å²) in [6, 6.07) is 22.1. The zero-order chi connectivity index (χ0) is 23.3. The van der Waals surface area contributed by atoms with Crippen LogP contribution in [0.3, 0.4) is 0 Å². The van der Waals surface area contributed by atoms with Crippen LogP contribution < -0.4 is 5.32 Å². The number of rotatable bonds is 5. The highest BCUT2D eigenvalue weighted by atomic mass is 32.2. The lowest BCUT2D eigenvalue weighted by Gasteiger charge is -2.14. The van der Waals surface area contributed by atoms with Gasteiger partial charge in [0.15, 0.2) is 0 Å². The van der Waals surface area contributed by atoms with Gasteiger partial charge in [-0.3, -0.25) is 0 Å². The molecule has 0 radical (unpaired) electrons. The van der Waals surface area contributed by atoms with Crippen molar-refractivity contribution in [3.63, 3.8) is 0 Å². The van der Waals surface area contributed by atoms with E-state index in [4.69, 9.17) is 4.74 Å². The average Bonchev–Trinajstić information content (AvgIpc) is 3.11. The Morgan fingerprint density at radius 2 is 1.55 bits per heavy atom. The van der Waals surface area contributed by atoms with Crippen molar-refractivity contribution in [1.82, 2.24) is 5.32 Å². The number of hydrogen-bond acceptors (Lipinski definition) is 3. The third kappa shape index (κ3) is 5.91. The van der Waals surface area contributed by atoms with Crippen LogP contribution in [0.1, 0.15) is 29.0 Å². The zero-order valence-corrected chi connectivity index (χ0v) is 18.3. The van der Waals surface area contributed by atoms with E-state index in [2.05, 4.69) is 41.4 Å². The molecule has 3 aromatic carbocycles. The molecule has 1 aliphatic carbocycles. The Labute approximate surface area is 194 Å². The summed E-state index contributed by atoms with van der Waals surface area (Å²) < 4.78 is 42.5. The van der Waals surface area contributed by atoms with Crippen molar-refractivity contribution in [2.75, 3.05) is 13.2 Å². The first-order valence-electron chi connectivity index (χ1n) is 10.3. The van der Waals surface area contributed by atoms with Gasteiger partial charge in [0.25, 0.3) is 0 Å². The fraction of sp³-hybridized carbons (Fsp3) is 0.192. The molecule has 168 valence electrons. The Balaban J connectivity index is 1.24. The third-order valence-corrected chi connectivity index (χ3v) is 5.92. The van der Waals surface area contributed by atoms with E-state index in [1.54, 1.807) is 12.1 Å². The topological polar surface area (TPSA) is 38.3 Å². The van der Waals surface area contributed by atoms with Crippen molar-refractivity contribution < 1.29 is 22.7 Å². The second-order valence-corrected chi connectivity index (χ2v) is 8.51. The van der Waals surface area contributed by atoms with E-state index in [0.717, 1.165) is 11.1 Å². The number of thioether (sulfide) groups is 1. The molecule has 0 bridgehead atoms. The number of ether oxygens (including phenoxy) is 1. The standard InChI is InChI=1S/C26H20F3NO2S/c27-26(28,29)33-19-14-12-18(13-15-19)7-5-6-16-30-25(31)32-17-24-22-10-3-1-8-20(22)21-9-2-4-11-23(21)24/h1-4,8-15,24H,6,16-17H2,(H,30,31). The van der Waals surface area contributed by atoms with Gasteiger partial charge in [-0.05, 0) is 58.3 Å². The number of halogens is 3. The maximum Gasteiger partial charge on any atom is 0.446 e. The summed E-state index contributed by atoms with van der Waals surface area (Å²) >= 11 is -0.159. The minimum Gasteiger partial charge on any atom is -0.449 e. The van der Waals surface area contributed by atoms with Gasteiger partial charge < -0.3 is 10.1 Å².